The van der Waals surface area contributed by atoms with Crippen LogP contribution in [0.1, 0.15) is 37.7 Å². The van der Waals surface area contributed by atoms with Crippen molar-refractivity contribution >= 4 is 0 Å². The molecule has 76 valence electrons. The van der Waals surface area contributed by atoms with Gasteiger partial charge < -0.3 is 0 Å². The fourth-order valence-corrected chi connectivity index (χ4v) is 1.60. The van der Waals surface area contributed by atoms with Gasteiger partial charge in [0.1, 0.15) is 5.83 Å². The van der Waals surface area contributed by atoms with Crippen molar-refractivity contribution < 1.29 is 4.39 Å². The molecule has 1 rings (SSSR count). The highest BCUT2D eigenvalue weighted by Crippen LogP contribution is 2.29. The summed E-state index contributed by atoms with van der Waals surface area (Å²) in [5.41, 5.74) is 1.04. The van der Waals surface area contributed by atoms with Crippen LogP contribution in [0.2, 0.25) is 0 Å². The first-order chi connectivity index (χ1) is 6.75. The molecule has 0 bridgehead atoms. The molecule has 0 saturated heterocycles. The van der Waals surface area contributed by atoms with Crippen LogP contribution in [0.3, 0.4) is 0 Å². The van der Waals surface area contributed by atoms with Crippen LogP contribution >= 0.6 is 0 Å². The monoisotopic (exact) mass is 192 g/mol. The van der Waals surface area contributed by atoms with Crippen LogP contribution < -0.4 is 0 Å². The highest BCUT2D eigenvalue weighted by atomic mass is 19.1. The van der Waals surface area contributed by atoms with Crippen LogP contribution in [0.25, 0.3) is 0 Å². The lowest BCUT2D eigenvalue weighted by atomic mass is 9.93. The van der Waals surface area contributed by atoms with Crippen molar-refractivity contribution in [2.75, 3.05) is 0 Å². The van der Waals surface area contributed by atoms with E-state index in [4.69, 9.17) is 0 Å². The number of hydrogen-bond donors (Lipinski definition) is 0. The lowest BCUT2D eigenvalue weighted by Crippen LogP contribution is -1.98. The Labute approximate surface area is 85.5 Å². The van der Waals surface area contributed by atoms with E-state index in [1.807, 2.05) is 30.3 Å². The van der Waals surface area contributed by atoms with Gasteiger partial charge in [-0.25, -0.2) is 4.39 Å². The van der Waals surface area contributed by atoms with Crippen molar-refractivity contribution in [3.05, 3.63) is 48.3 Å². The van der Waals surface area contributed by atoms with E-state index in [0.29, 0.717) is 0 Å². The minimum atomic E-state index is -0.218. The molecule has 0 N–H and O–H groups in total. The molecule has 0 fully saturated rings. The molecule has 0 saturated carbocycles. The maximum atomic E-state index is 13.2. The average molecular weight is 192 g/mol. The first kappa shape index (κ1) is 11.0. The molecule has 0 aromatic heterocycles. The molecule has 0 nitrogen and oxygen atoms in total. The van der Waals surface area contributed by atoms with Crippen molar-refractivity contribution in [3.63, 3.8) is 0 Å². The Morgan fingerprint density at radius 3 is 2.50 bits per heavy atom. The molecule has 0 aliphatic rings. The van der Waals surface area contributed by atoms with Crippen LogP contribution in [-0.4, -0.2) is 0 Å². The topological polar surface area (TPSA) is 0 Å². The van der Waals surface area contributed by atoms with Crippen LogP contribution in [0.5, 0.6) is 0 Å². The predicted molar refractivity (Wildman–Crippen MR) is 59.0 cm³/mol. The number of hydrogen-bond acceptors (Lipinski definition) is 0. The summed E-state index contributed by atoms with van der Waals surface area (Å²) >= 11 is 0. The lowest BCUT2D eigenvalue weighted by Gasteiger charge is -2.14. The van der Waals surface area contributed by atoms with E-state index in [9.17, 15) is 4.39 Å². The number of halogens is 1. The SMILES string of the molecule is C=C(F)C(CCCC)c1ccccc1. The van der Waals surface area contributed by atoms with Gasteiger partial charge in [0.05, 0.1) is 0 Å². The van der Waals surface area contributed by atoms with Gasteiger partial charge in [-0.1, -0.05) is 56.7 Å². The van der Waals surface area contributed by atoms with Gasteiger partial charge in [-0.2, -0.15) is 0 Å². The van der Waals surface area contributed by atoms with Gasteiger partial charge in [0.25, 0.3) is 0 Å². The smallest absolute Gasteiger partial charge is 0.100 e. The van der Waals surface area contributed by atoms with Crippen molar-refractivity contribution in [2.24, 2.45) is 0 Å². The zero-order valence-electron chi connectivity index (χ0n) is 8.67. The van der Waals surface area contributed by atoms with Crippen molar-refractivity contribution in [2.45, 2.75) is 32.1 Å². The maximum absolute atomic E-state index is 13.2. The Hall–Kier alpha value is -1.11. The van der Waals surface area contributed by atoms with Gasteiger partial charge >= 0.3 is 0 Å². The van der Waals surface area contributed by atoms with Crippen LogP contribution in [0.15, 0.2) is 42.7 Å². The number of rotatable bonds is 5. The zero-order chi connectivity index (χ0) is 10.4. The van der Waals surface area contributed by atoms with E-state index in [-0.39, 0.29) is 11.7 Å². The van der Waals surface area contributed by atoms with E-state index in [1.54, 1.807) is 0 Å². The van der Waals surface area contributed by atoms with Crippen LogP contribution in [0.4, 0.5) is 4.39 Å². The van der Waals surface area contributed by atoms with Gasteiger partial charge in [-0.05, 0) is 12.0 Å². The minimum absolute atomic E-state index is 0.115. The summed E-state index contributed by atoms with van der Waals surface area (Å²) in [5, 5.41) is 0. The van der Waals surface area contributed by atoms with E-state index in [1.165, 1.54) is 0 Å². The third kappa shape index (κ3) is 2.99. The quantitative estimate of drug-likeness (QED) is 0.646. The van der Waals surface area contributed by atoms with E-state index in [2.05, 4.69) is 13.5 Å². The second-order valence-electron chi connectivity index (χ2n) is 3.55. The molecule has 1 aromatic carbocycles. The summed E-state index contributed by atoms with van der Waals surface area (Å²) in [4.78, 5) is 0. The maximum Gasteiger partial charge on any atom is 0.100 e. The molecule has 14 heavy (non-hydrogen) atoms. The normalized spacial score (nSPS) is 12.4. The van der Waals surface area contributed by atoms with Crippen molar-refractivity contribution in [3.8, 4) is 0 Å². The Morgan fingerprint density at radius 2 is 2.00 bits per heavy atom. The average Bonchev–Trinajstić information content (AvgIpc) is 2.19. The van der Waals surface area contributed by atoms with Crippen molar-refractivity contribution in [1.82, 2.24) is 0 Å². The molecule has 0 amide bonds. The summed E-state index contributed by atoms with van der Waals surface area (Å²) in [6.07, 6.45) is 3.00. The molecule has 0 radical (unpaired) electrons. The third-order valence-electron chi connectivity index (χ3n) is 2.43. The van der Waals surface area contributed by atoms with E-state index in [0.717, 1.165) is 24.8 Å². The van der Waals surface area contributed by atoms with Crippen LogP contribution in [0, 0.1) is 0 Å². The second-order valence-corrected chi connectivity index (χ2v) is 3.55. The molecule has 0 spiro atoms. The Bertz CT molecular complexity index is 277. The molecule has 1 unspecified atom stereocenters. The van der Waals surface area contributed by atoms with E-state index >= 15 is 0 Å². The second kappa shape index (κ2) is 5.58. The Balaban J connectivity index is 2.73. The molecule has 0 heterocycles. The Morgan fingerprint density at radius 1 is 1.36 bits per heavy atom. The lowest BCUT2D eigenvalue weighted by molar-refractivity contribution is 0.511. The number of benzene rings is 1. The summed E-state index contributed by atoms with van der Waals surface area (Å²) in [7, 11) is 0. The van der Waals surface area contributed by atoms with Crippen molar-refractivity contribution in [1.29, 1.82) is 0 Å². The van der Waals surface area contributed by atoms with Gasteiger partial charge in [0, 0.05) is 5.92 Å². The summed E-state index contributed by atoms with van der Waals surface area (Å²) in [5.74, 6) is -0.333. The first-order valence-corrected chi connectivity index (χ1v) is 5.15. The molecule has 0 aliphatic carbocycles. The van der Waals surface area contributed by atoms with Gasteiger partial charge in [-0.15, -0.1) is 0 Å². The van der Waals surface area contributed by atoms with Gasteiger partial charge in [0.2, 0.25) is 0 Å². The first-order valence-electron chi connectivity index (χ1n) is 5.15. The highest BCUT2D eigenvalue weighted by Gasteiger charge is 2.13. The van der Waals surface area contributed by atoms with Gasteiger partial charge in [0.15, 0.2) is 0 Å². The Kier molecular flexibility index (Phi) is 4.37. The van der Waals surface area contributed by atoms with Gasteiger partial charge in [-0.3, -0.25) is 0 Å². The van der Waals surface area contributed by atoms with Crippen LogP contribution in [-0.2, 0) is 0 Å². The molecule has 1 atom stereocenters. The molecule has 1 aromatic rings. The molecule has 1 heteroatoms. The number of allylic oxidation sites excluding steroid dienone is 1. The fourth-order valence-electron chi connectivity index (χ4n) is 1.60. The largest absolute Gasteiger partial charge is 0.212 e. The summed E-state index contributed by atoms with van der Waals surface area (Å²) in [6, 6.07) is 9.76. The predicted octanol–water partition coefficient (Wildman–Crippen LogP) is 4.44. The molecular weight excluding hydrogens is 175 g/mol. The highest BCUT2D eigenvalue weighted by molar-refractivity contribution is 5.24. The molecule has 0 aliphatic heterocycles. The summed E-state index contributed by atoms with van der Waals surface area (Å²) < 4.78 is 13.2. The number of unbranched alkanes of at least 4 members (excludes halogenated alkanes) is 1. The third-order valence-corrected chi connectivity index (χ3v) is 2.43. The minimum Gasteiger partial charge on any atom is -0.212 e. The standard InChI is InChI=1S/C13H17F/c1-3-4-10-13(11(2)14)12-8-6-5-7-9-12/h5-9,13H,2-4,10H2,1H3. The fraction of sp³-hybridized carbons (Fsp3) is 0.385. The van der Waals surface area contributed by atoms with E-state index < -0.39 is 0 Å². The zero-order valence-corrected chi connectivity index (χ0v) is 8.67. The molecular formula is C13H17F. The summed E-state index contributed by atoms with van der Waals surface area (Å²) in [6.45, 7) is 5.53.